The number of hydrogen-bond acceptors (Lipinski definition) is 8. The number of carbonyl (C=O) groups excluding carboxylic acids is 4. The smallest absolute Gasteiger partial charge is 0.338 e. The van der Waals surface area contributed by atoms with Crippen molar-refractivity contribution in [3.8, 4) is 57.1 Å². The van der Waals surface area contributed by atoms with Gasteiger partial charge in [0.1, 0.15) is 23.0 Å². The molecule has 4 aromatic carbocycles. The van der Waals surface area contributed by atoms with Crippen molar-refractivity contribution >= 4 is 23.9 Å². The highest BCUT2D eigenvalue weighted by molar-refractivity contribution is 5.91. The zero-order valence-corrected chi connectivity index (χ0v) is 26.3. The van der Waals surface area contributed by atoms with Crippen LogP contribution in [-0.4, -0.2) is 23.9 Å². The van der Waals surface area contributed by atoms with Crippen LogP contribution in [-0.2, 0) is 19.2 Å². The zero-order chi connectivity index (χ0) is 34.8. The Morgan fingerprint density at radius 1 is 0.562 bits per heavy atom. The van der Waals surface area contributed by atoms with E-state index in [2.05, 4.69) is 38.2 Å². The summed E-state index contributed by atoms with van der Waals surface area (Å²) in [5.41, 5.74) is 4.10. The summed E-state index contributed by atoms with van der Waals surface area (Å²) in [6, 6.07) is 23.8. The first-order valence-electron chi connectivity index (χ1n) is 14.4. The van der Waals surface area contributed by atoms with E-state index >= 15 is 0 Å². The standard InChI is InChI=1S/C40H30O8/c1-7-37(41)45-32-18-14-28(15-19-32)31-13-12-30(35(24-31)47-39(43)25(3)4)11-9-27-10-22-34(36(23-27)48-40(44)26(5)6)29-16-20-33(21-17-29)46-38(42)8-2/h7-8,10,12-24H,1-3,5H2,4,6H3. The molecule has 8 heteroatoms. The number of rotatable bonds is 10. The Bertz CT molecular complexity index is 2020. The van der Waals surface area contributed by atoms with Crippen LogP contribution >= 0.6 is 0 Å². The minimum Gasteiger partial charge on any atom is -0.423 e. The Morgan fingerprint density at radius 2 is 1.06 bits per heavy atom. The van der Waals surface area contributed by atoms with E-state index in [4.69, 9.17) is 18.9 Å². The monoisotopic (exact) mass is 638 g/mol. The SMILES string of the molecule is C=CC(=O)Oc1ccc(-c2ccc(C#Cc3ccc(-c4ccc(OC(=O)C=C)cc4)c(OC(=O)C(=C)C)c3)c(OC(=O)C(=C)C)c2)cc1. The molecule has 4 aromatic rings. The Labute approximate surface area is 278 Å². The van der Waals surface area contributed by atoms with Crippen molar-refractivity contribution in [2.75, 3.05) is 0 Å². The van der Waals surface area contributed by atoms with E-state index in [1.807, 2.05) is 6.07 Å². The van der Waals surface area contributed by atoms with Gasteiger partial charge in [-0.25, -0.2) is 19.2 Å². The highest BCUT2D eigenvalue weighted by Crippen LogP contribution is 2.33. The average molecular weight is 639 g/mol. The molecule has 4 rings (SSSR count). The Morgan fingerprint density at radius 3 is 1.58 bits per heavy atom. The lowest BCUT2D eigenvalue weighted by molar-refractivity contribution is -0.130. The third-order valence-corrected chi connectivity index (χ3v) is 6.53. The van der Waals surface area contributed by atoms with E-state index in [1.165, 1.54) is 13.8 Å². The summed E-state index contributed by atoms with van der Waals surface area (Å²) >= 11 is 0. The molecule has 0 aromatic heterocycles. The second-order valence-electron chi connectivity index (χ2n) is 10.3. The van der Waals surface area contributed by atoms with Crippen LogP contribution < -0.4 is 18.9 Å². The fraction of sp³-hybridized carbons (Fsp3) is 0.0500. The van der Waals surface area contributed by atoms with Gasteiger partial charge in [0.2, 0.25) is 0 Å². The molecule has 238 valence electrons. The van der Waals surface area contributed by atoms with Crippen molar-refractivity contribution in [2.45, 2.75) is 13.8 Å². The van der Waals surface area contributed by atoms with Crippen LogP contribution in [0.25, 0.3) is 22.3 Å². The second kappa shape index (κ2) is 15.5. The molecule has 0 heterocycles. The molecule has 0 saturated heterocycles. The molecule has 0 fully saturated rings. The molecule has 0 spiro atoms. The summed E-state index contributed by atoms with van der Waals surface area (Å²) in [4.78, 5) is 48.1. The Hall–Kier alpha value is -6.72. The van der Waals surface area contributed by atoms with Gasteiger partial charge in [0.25, 0.3) is 0 Å². The van der Waals surface area contributed by atoms with Crippen molar-refractivity contribution in [3.05, 3.63) is 146 Å². The molecule has 48 heavy (non-hydrogen) atoms. The minimum atomic E-state index is -0.620. The van der Waals surface area contributed by atoms with Crippen LogP contribution in [0.4, 0.5) is 0 Å². The van der Waals surface area contributed by atoms with Crippen molar-refractivity contribution in [2.24, 2.45) is 0 Å². The fourth-order valence-corrected chi connectivity index (χ4v) is 4.06. The van der Waals surface area contributed by atoms with Crippen LogP contribution in [0.1, 0.15) is 25.0 Å². The second-order valence-corrected chi connectivity index (χ2v) is 10.3. The van der Waals surface area contributed by atoms with Crippen molar-refractivity contribution < 1.29 is 38.1 Å². The summed E-state index contributed by atoms with van der Waals surface area (Å²) in [5, 5.41) is 0. The molecule has 0 bridgehead atoms. The van der Waals surface area contributed by atoms with Crippen LogP contribution in [0.2, 0.25) is 0 Å². The van der Waals surface area contributed by atoms with Gasteiger partial charge in [0.05, 0.1) is 5.56 Å². The topological polar surface area (TPSA) is 105 Å². The summed E-state index contributed by atoms with van der Waals surface area (Å²) in [7, 11) is 0. The quantitative estimate of drug-likeness (QED) is 0.0758. The zero-order valence-electron chi connectivity index (χ0n) is 26.3. The van der Waals surface area contributed by atoms with Gasteiger partial charge in [0, 0.05) is 34.4 Å². The van der Waals surface area contributed by atoms with Gasteiger partial charge in [-0.2, -0.15) is 0 Å². The third-order valence-electron chi connectivity index (χ3n) is 6.53. The molecular formula is C40H30O8. The largest absolute Gasteiger partial charge is 0.423 e. The van der Waals surface area contributed by atoms with E-state index in [0.717, 1.165) is 23.3 Å². The highest BCUT2D eigenvalue weighted by atomic mass is 16.5. The maximum atomic E-state index is 12.5. The number of ether oxygens (including phenoxy) is 4. The predicted octanol–water partition coefficient (Wildman–Crippen LogP) is 7.57. The number of hydrogen-bond donors (Lipinski definition) is 0. The first-order valence-corrected chi connectivity index (χ1v) is 14.4. The molecule has 0 atom stereocenters. The molecule has 0 aliphatic rings. The van der Waals surface area contributed by atoms with Gasteiger partial charge in [-0.15, -0.1) is 0 Å². The number of esters is 4. The lowest BCUT2D eigenvalue weighted by atomic mass is 10.0. The molecule has 0 radical (unpaired) electrons. The van der Waals surface area contributed by atoms with Gasteiger partial charge >= 0.3 is 23.9 Å². The molecule has 0 unspecified atom stereocenters. The first-order chi connectivity index (χ1) is 23.0. The molecule has 0 N–H and O–H groups in total. The number of benzene rings is 4. The fourth-order valence-electron chi connectivity index (χ4n) is 4.06. The van der Waals surface area contributed by atoms with E-state index in [1.54, 1.807) is 78.9 Å². The lowest BCUT2D eigenvalue weighted by Crippen LogP contribution is -2.09. The van der Waals surface area contributed by atoms with Crippen molar-refractivity contribution in [1.82, 2.24) is 0 Å². The molecule has 8 nitrogen and oxygen atoms in total. The Kier molecular flexibility index (Phi) is 11.0. The van der Waals surface area contributed by atoms with E-state index in [9.17, 15) is 19.2 Å². The number of carbonyl (C=O) groups is 4. The van der Waals surface area contributed by atoms with Gasteiger partial charge in [0.15, 0.2) is 0 Å². The van der Waals surface area contributed by atoms with Gasteiger partial charge in [-0.1, -0.05) is 68.5 Å². The lowest BCUT2D eigenvalue weighted by Gasteiger charge is -2.12. The summed E-state index contributed by atoms with van der Waals surface area (Å²) in [5.74, 6) is 4.82. The van der Waals surface area contributed by atoms with Crippen molar-refractivity contribution in [1.29, 1.82) is 0 Å². The normalized spacial score (nSPS) is 9.96. The molecule has 0 saturated carbocycles. The maximum Gasteiger partial charge on any atom is 0.338 e. The van der Waals surface area contributed by atoms with Crippen LogP contribution in [0.3, 0.4) is 0 Å². The van der Waals surface area contributed by atoms with Gasteiger partial charge in [-0.05, 0) is 85.1 Å². The average Bonchev–Trinajstić information content (AvgIpc) is 3.08. The van der Waals surface area contributed by atoms with E-state index in [0.29, 0.717) is 33.8 Å². The predicted molar refractivity (Wildman–Crippen MR) is 182 cm³/mol. The molecular weight excluding hydrogens is 608 g/mol. The van der Waals surface area contributed by atoms with Crippen LogP contribution in [0.15, 0.2) is 135 Å². The van der Waals surface area contributed by atoms with Crippen LogP contribution in [0, 0.1) is 11.8 Å². The van der Waals surface area contributed by atoms with Crippen LogP contribution in [0.5, 0.6) is 23.0 Å². The summed E-state index contributed by atoms with van der Waals surface area (Å²) in [6.07, 6.45) is 2.14. The molecule has 0 amide bonds. The summed E-state index contributed by atoms with van der Waals surface area (Å²) in [6.45, 7) is 17.2. The Balaban J connectivity index is 1.70. The van der Waals surface area contributed by atoms with Crippen molar-refractivity contribution in [3.63, 3.8) is 0 Å². The highest BCUT2D eigenvalue weighted by Gasteiger charge is 2.15. The molecule has 0 aliphatic carbocycles. The third kappa shape index (κ3) is 8.93. The van der Waals surface area contributed by atoms with E-state index in [-0.39, 0.29) is 22.6 Å². The molecule has 0 aliphatic heterocycles. The van der Waals surface area contributed by atoms with Gasteiger partial charge in [-0.3, -0.25) is 0 Å². The summed E-state index contributed by atoms with van der Waals surface area (Å²) < 4.78 is 21.6. The minimum absolute atomic E-state index is 0.206. The maximum absolute atomic E-state index is 12.5. The van der Waals surface area contributed by atoms with Gasteiger partial charge < -0.3 is 18.9 Å². The first kappa shape index (κ1) is 34.2. The van der Waals surface area contributed by atoms with E-state index < -0.39 is 23.9 Å².